The second-order valence-electron chi connectivity index (χ2n) is 4.06. The molecule has 0 radical (unpaired) electrons. The minimum Gasteiger partial charge on any atom is -0.359 e. The number of carbonyl (C=O) groups is 1. The highest BCUT2D eigenvalue weighted by atomic mass is 16.1. The SMILES string of the molecule is CNC(=O)[C@H]1CCCC1C(C)C. The minimum absolute atomic E-state index is 0.242. The van der Waals surface area contributed by atoms with Gasteiger partial charge in [0.1, 0.15) is 0 Å². The smallest absolute Gasteiger partial charge is 0.223 e. The highest BCUT2D eigenvalue weighted by molar-refractivity contribution is 5.78. The third-order valence-electron chi connectivity index (χ3n) is 3.01. The van der Waals surface area contributed by atoms with Gasteiger partial charge in [-0.15, -0.1) is 0 Å². The van der Waals surface area contributed by atoms with Crippen LogP contribution in [-0.2, 0) is 4.79 Å². The van der Waals surface area contributed by atoms with Crippen molar-refractivity contribution in [2.75, 3.05) is 7.05 Å². The predicted molar refractivity (Wildman–Crippen MR) is 49.7 cm³/mol. The Kier molecular flexibility index (Phi) is 3.12. The van der Waals surface area contributed by atoms with E-state index in [1.165, 1.54) is 12.8 Å². The van der Waals surface area contributed by atoms with E-state index in [2.05, 4.69) is 19.2 Å². The molecule has 1 aliphatic rings. The molecule has 1 aliphatic carbocycles. The second-order valence-corrected chi connectivity index (χ2v) is 4.06. The molecule has 1 saturated carbocycles. The molecule has 0 spiro atoms. The summed E-state index contributed by atoms with van der Waals surface area (Å²) in [5.74, 6) is 1.79. The van der Waals surface area contributed by atoms with Crippen LogP contribution in [-0.4, -0.2) is 13.0 Å². The molecule has 2 atom stereocenters. The molecule has 12 heavy (non-hydrogen) atoms. The maximum atomic E-state index is 11.4. The van der Waals surface area contributed by atoms with Crippen molar-refractivity contribution in [1.82, 2.24) is 5.32 Å². The van der Waals surface area contributed by atoms with Crippen LogP contribution in [0.15, 0.2) is 0 Å². The summed E-state index contributed by atoms with van der Waals surface area (Å²) in [7, 11) is 1.73. The van der Waals surface area contributed by atoms with Crippen LogP contribution in [0.1, 0.15) is 33.1 Å². The molecule has 2 heteroatoms. The summed E-state index contributed by atoms with van der Waals surface area (Å²) in [6.07, 6.45) is 3.54. The van der Waals surface area contributed by atoms with Gasteiger partial charge in [-0.2, -0.15) is 0 Å². The third kappa shape index (κ3) is 1.79. The Morgan fingerprint density at radius 2 is 2.08 bits per heavy atom. The number of carbonyl (C=O) groups excluding carboxylic acids is 1. The first kappa shape index (κ1) is 9.56. The van der Waals surface area contributed by atoms with Gasteiger partial charge in [-0.05, 0) is 24.7 Å². The largest absolute Gasteiger partial charge is 0.359 e. The Balaban J connectivity index is 2.57. The van der Waals surface area contributed by atoms with Gasteiger partial charge in [0.2, 0.25) is 5.91 Å². The molecule has 70 valence electrons. The summed E-state index contributed by atoms with van der Waals surface area (Å²) >= 11 is 0. The molecule has 1 amide bonds. The second kappa shape index (κ2) is 3.92. The van der Waals surface area contributed by atoms with Crippen LogP contribution in [0.4, 0.5) is 0 Å². The molecule has 0 saturated heterocycles. The Morgan fingerprint density at radius 1 is 1.42 bits per heavy atom. The molecular formula is C10H19NO. The lowest BCUT2D eigenvalue weighted by molar-refractivity contribution is -0.126. The summed E-state index contributed by atoms with van der Waals surface area (Å²) in [4.78, 5) is 11.4. The van der Waals surface area contributed by atoms with E-state index in [1.807, 2.05) is 0 Å². The minimum atomic E-state index is 0.242. The Bertz CT molecular complexity index is 165. The summed E-state index contributed by atoms with van der Waals surface area (Å²) in [5.41, 5.74) is 0. The molecular weight excluding hydrogens is 150 g/mol. The normalized spacial score (nSPS) is 29.3. The summed E-state index contributed by atoms with van der Waals surface area (Å²) in [6.45, 7) is 4.43. The Labute approximate surface area is 74.7 Å². The van der Waals surface area contributed by atoms with Gasteiger partial charge in [0.05, 0.1) is 0 Å². The van der Waals surface area contributed by atoms with Gasteiger partial charge < -0.3 is 5.32 Å². The standard InChI is InChI=1S/C10H19NO/c1-7(2)8-5-4-6-9(8)10(12)11-3/h7-9H,4-6H2,1-3H3,(H,11,12)/t8?,9-/m0/s1. The molecule has 1 rings (SSSR count). The Morgan fingerprint density at radius 3 is 2.58 bits per heavy atom. The van der Waals surface area contributed by atoms with Gasteiger partial charge in [0, 0.05) is 13.0 Å². The van der Waals surface area contributed by atoms with E-state index >= 15 is 0 Å². The van der Waals surface area contributed by atoms with Gasteiger partial charge in [-0.25, -0.2) is 0 Å². The monoisotopic (exact) mass is 169 g/mol. The number of hydrogen-bond acceptors (Lipinski definition) is 1. The zero-order valence-corrected chi connectivity index (χ0v) is 8.26. The third-order valence-corrected chi connectivity index (χ3v) is 3.01. The first-order chi connectivity index (χ1) is 5.66. The first-order valence-electron chi connectivity index (χ1n) is 4.88. The fourth-order valence-corrected chi connectivity index (χ4v) is 2.30. The van der Waals surface area contributed by atoms with E-state index in [1.54, 1.807) is 7.05 Å². The predicted octanol–water partition coefficient (Wildman–Crippen LogP) is 1.80. The van der Waals surface area contributed by atoms with Crippen molar-refractivity contribution in [3.8, 4) is 0 Å². The number of amides is 1. The molecule has 2 nitrogen and oxygen atoms in total. The van der Waals surface area contributed by atoms with Crippen molar-refractivity contribution in [1.29, 1.82) is 0 Å². The van der Waals surface area contributed by atoms with Gasteiger partial charge in [0.15, 0.2) is 0 Å². The van der Waals surface area contributed by atoms with Crippen molar-refractivity contribution in [3.05, 3.63) is 0 Å². The lowest BCUT2D eigenvalue weighted by atomic mass is 9.86. The van der Waals surface area contributed by atoms with E-state index < -0.39 is 0 Å². The van der Waals surface area contributed by atoms with Crippen LogP contribution in [0, 0.1) is 17.8 Å². The van der Waals surface area contributed by atoms with E-state index in [0.717, 1.165) is 6.42 Å². The van der Waals surface area contributed by atoms with Crippen LogP contribution >= 0.6 is 0 Å². The molecule has 0 aromatic rings. The molecule has 0 aromatic carbocycles. The fourth-order valence-electron chi connectivity index (χ4n) is 2.30. The van der Waals surface area contributed by atoms with E-state index in [9.17, 15) is 4.79 Å². The number of hydrogen-bond donors (Lipinski definition) is 1. The summed E-state index contributed by atoms with van der Waals surface area (Å²) < 4.78 is 0. The van der Waals surface area contributed by atoms with Crippen LogP contribution in [0.2, 0.25) is 0 Å². The highest BCUT2D eigenvalue weighted by Crippen LogP contribution is 2.36. The van der Waals surface area contributed by atoms with Crippen molar-refractivity contribution in [2.45, 2.75) is 33.1 Å². The average molecular weight is 169 g/mol. The van der Waals surface area contributed by atoms with Crippen molar-refractivity contribution in [2.24, 2.45) is 17.8 Å². The summed E-state index contributed by atoms with van der Waals surface area (Å²) in [6, 6.07) is 0. The molecule has 1 fully saturated rings. The fraction of sp³-hybridized carbons (Fsp3) is 0.900. The molecule has 0 heterocycles. The van der Waals surface area contributed by atoms with E-state index in [4.69, 9.17) is 0 Å². The lowest BCUT2D eigenvalue weighted by Gasteiger charge is -2.21. The van der Waals surface area contributed by atoms with Crippen LogP contribution < -0.4 is 5.32 Å². The molecule has 1 unspecified atom stereocenters. The lowest BCUT2D eigenvalue weighted by Crippen LogP contribution is -2.31. The van der Waals surface area contributed by atoms with Crippen LogP contribution in [0.3, 0.4) is 0 Å². The average Bonchev–Trinajstić information content (AvgIpc) is 2.50. The van der Waals surface area contributed by atoms with Crippen molar-refractivity contribution >= 4 is 5.91 Å². The van der Waals surface area contributed by atoms with Crippen LogP contribution in [0.5, 0.6) is 0 Å². The van der Waals surface area contributed by atoms with Gasteiger partial charge in [-0.1, -0.05) is 20.3 Å². The van der Waals surface area contributed by atoms with Gasteiger partial charge in [-0.3, -0.25) is 4.79 Å². The molecule has 0 aliphatic heterocycles. The van der Waals surface area contributed by atoms with Gasteiger partial charge >= 0.3 is 0 Å². The van der Waals surface area contributed by atoms with Crippen molar-refractivity contribution in [3.63, 3.8) is 0 Å². The molecule has 0 bridgehead atoms. The summed E-state index contributed by atoms with van der Waals surface area (Å²) in [5, 5.41) is 2.75. The molecule has 0 aromatic heterocycles. The van der Waals surface area contributed by atoms with Crippen LogP contribution in [0.25, 0.3) is 0 Å². The molecule has 1 N–H and O–H groups in total. The maximum Gasteiger partial charge on any atom is 0.223 e. The first-order valence-corrected chi connectivity index (χ1v) is 4.88. The van der Waals surface area contributed by atoms with E-state index in [-0.39, 0.29) is 11.8 Å². The maximum absolute atomic E-state index is 11.4. The number of nitrogens with one attached hydrogen (secondary N) is 1. The highest BCUT2D eigenvalue weighted by Gasteiger charge is 2.33. The topological polar surface area (TPSA) is 29.1 Å². The Hall–Kier alpha value is -0.530. The quantitative estimate of drug-likeness (QED) is 0.671. The van der Waals surface area contributed by atoms with Crippen molar-refractivity contribution < 1.29 is 4.79 Å². The zero-order valence-electron chi connectivity index (χ0n) is 8.26. The number of rotatable bonds is 2. The van der Waals surface area contributed by atoms with E-state index in [0.29, 0.717) is 11.8 Å². The van der Waals surface area contributed by atoms with Gasteiger partial charge in [0.25, 0.3) is 0 Å². The zero-order chi connectivity index (χ0) is 9.14.